The van der Waals surface area contributed by atoms with Crippen LogP contribution in [-0.4, -0.2) is 64.6 Å². The van der Waals surface area contributed by atoms with Crippen molar-refractivity contribution in [2.75, 3.05) is 53.6 Å². The molecule has 4 nitrogen and oxygen atoms in total. The molecule has 0 unspecified atom stereocenters. The van der Waals surface area contributed by atoms with Gasteiger partial charge in [0, 0.05) is 33.4 Å². The topological polar surface area (TPSA) is 33.7 Å². The van der Waals surface area contributed by atoms with Crippen LogP contribution in [0.5, 0.6) is 0 Å². The molecular formula is C16H34N2O2. The minimum Gasteiger partial charge on any atom is -0.381 e. The molecule has 0 spiro atoms. The number of rotatable bonds is 12. The summed E-state index contributed by atoms with van der Waals surface area (Å²) in [4.78, 5) is 2.58. The van der Waals surface area contributed by atoms with Crippen molar-refractivity contribution in [3.05, 3.63) is 0 Å². The third-order valence-electron chi connectivity index (χ3n) is 4.10. The Morgan fingerprint density at radius 1 is 1.00 bits per heavy atom. The molecule has 0 aromatic rings. The molecule has 1 aliphatic rings. The fourth-order valence-corrected chi connectivity index (χ4v) is 2.69. The Kier molecular flexibility index (Phi) is 11.2. The van der Waals surface area contributed by atoms with Gasteiger partial charge in [0.05, 0.1) is 6.10 Å². The highest BCUT2D eigenvalue weighted by Crippen LogP contribution is 2.13. The number of unbranched alkanes of at least 4 members (excludes halogenated alkanes) is 3. The predicted molar refractivity (Wildman–Crippen MR) is 84.3 cm³/mol. The van der Waals surface area contributed by atoms with Gasteiger partial charge in [0.25, 0.3) is 0 Å². The van der Waals surface area contributed by atoms with Gasteiger partial charge >= 0.3 is 0 Å². The van der Waals surface area contributed by atoms with Gasteiger partial charge in [-0.25, -0.2) is 0 Å². The van der Waals surface area contributed by atoms with Crippen LogP contribution < -0.4 is 5.32 Å². The first kappa shape index (κ1) is 17.9. The van der Waals surface area contributed by atoms with E-state index in [1.807, 2.05) is 14.2 Å². The summed E-state index contributed by atoms with van der Waals surface area (Å²) in [5.41, 5.74) is 0. The summed E-state index contributed by atoms with van der Waals surface area (Å²) in [5, 5.41) is 3.16. The Morgan fingerprint density at radius 3 is 2.35 bits per heavy atom. The molecule has 0 atom stereocenters. The SMILES string of the molecule is CNCCCCOCCCCCN1CCC(OC)CC1. The highest BCUT2D eigenvalue weighted by molar-refractivity contribution is 4.71. The van der Waals surface area contributed by atoms with Gasteiger partial charge in [-0.2, -0.15) is 0 Å². The number of nitrogens with one attached hydrogen (secondary N) is 1. The Bertz CT molecular complexity index is 207. The smallest absolute Gasteiger partial charge is 0.0595 e. The highest BCUT2D eigenvalue weighted by Gasteiger charge is 2.17. The van der Waals surface area contributed by atoms with Crippen molar-refractivity contribution in [2.45, 2.75) is 51.0 Å². The van der Waals surface area contributed by atoms with E-state index in [0.717, 1.165) is 19.8 Å². The van der Waals surface area contributed by atoms with Crippen molar-refractivity contribution in [1.29, 1.82) is 0 Å². The summed E-state index contributed by atoms with van der Waals surface area (Å²) in [7, 11) is 3.83. The average molecular weight is 286 g/mol. The van der Waals surface area contributed by atoms with Crippen molar-refractivity contribution in [3.63, 3.8) is 0 Å². The van der Waals surface area contributed by atoms with Crippen molar-refractivity contribution in [1.82, 2.24) is 10.2 Å². The van der Waals surface area contributed by atoms with Gasteiger partial charge in [-0.15, -0.1) is 0 Å². The van der Waals surface area contributed by atoms with E-state index in [1.165, 1.54) is 64.6 Å². The zero-order chi connectivity index (χ0) is 14.5. The molecule has 0 aromatic heterocycles. The van der Waals surface area contributed by atoms with Crippen LogP contribution in [0.4, 0.5) is 0 Å². The first-order valence-corrected chi connectivity index (χ1v) is 8.34. The maximum atomic E-state index is 5.64. The Morgan fingerprint density at radius 2 is 1.70 bits per heavy atom. The van der Waals surface area contributed by atoms with Crippen LogP contribution in [-0.2, 0) is 9.47 Å². The molecule has 0 saturated carbocycles. The fraction of sp³-hybridized carbons (Fsp3) is 1.00. The second-order valence-corrected chi connectivity index (χ2v) is 5.76. The second kappa shape index (κ2) is 12.6. The lowest BCUT2D eigenvalue weighted by molar-refractivity contribution is 0.0404. The number of hydrogen-bond acceptors (Lipinski definition) is 4. The molecule has 120 valence electrons. The third kappa shape index (κ3) is 8.90. The maximum Gasteiger partial charge on any atom is 0.0595 e. The number of hydrogen-bond donors (Lipinski definition) is 1. The van der Waals surface area contributed by atoms with Gasteiger partial charge in [0.1, 0.15) is 0 Å². The maximum absolute atomic E-state index is 5.64. The van der Waals surface area contributed by atoms with Crippen molar-refractivity contribution in [2.24, 2.45) is 0 Å². The van der Waals surface area contributed by atoms with Crippen molar-refractivity contribution in [3.8, 4) is 0 Å². The number of methoxy groups -OCH3 is 1. The number of ether oxygens (including phenoxy) is 2. The molecule has 20 heavy (non-hydrogen) atoms. The molecule has 1 heterocycles. The normalized spacial score (nSPS) is 17.7. The fourth-order valence-electron chi connectivity index (χ4n) is 2.69. The summed E-state index contributed by atoms with van der Waals surface area (Å²) in [5.74, 6) is 0. The van der Waals surface area contributed by atoms with Crippen LogP contribution in [0.3, 0.4) is 0 Å². The first-order chi connectivity index (χ1) is 9.86. The van der Waals surface area contributed by atoms with E-state index in [9.17, 15) is 0 Å². The van der Waals surface area contributed by atoms with Gasteiger partial charge in [0.2, 0.25) is 0 Å². The van der Waals surface area contributed by atoms with E-state index in [4.69, 9.17) is 9.47 Å². The van der Waals surface area contributed by atoms with Crippen LogP contribution >= 0.6 is 0 Å². The summed E-state index contributed by atoms with van der Waals surface area (Å²) >= 11 is 0. The standard InChI is InChI=1S/C16H34N2O2/c1-17-10-4-7-15-20-14-6-3-5-11-18-12-8-16(19-2)9-13-18/h16-17H,3-15H2,1-2H3. The molecule has 1 N–H and O–H groups in total. The van der Waals surface area contributed by atoms with Crippen LogP contribution in [0.2, 0.25) is 0 Å². The zero-order valence-electron chi connectivity index (χ0n) is 13.5. The van der Waals surface area contributed by atoms with Crippen LogP contribution in [0.1, 0.15) is 44.9 Å². The van der Waals surface area contributed by atoms with Crippen molar-refractivity contribution < 1.29 is 9.47 Å². The molecule has 4 heteroatoms. The minimum absolute atomic E-state index is 0.502. The van der Waals surface area contributed by atoms with E-state index in [-0.39, 0.29) is 0 Å². The van der Waals surface area contributed by atoms with Gasteiger partial charge in [-0.05, 0) is 65.1 Å². The van der Waals surface area contributed by atoms with Gasteiger partial charge in [-0.3, -0.25) is 0 Å². The Balaban J connectivity index is 1.79. The van der Waals surface area contributed by atoms with Gasteiger partial charge in [0.15, 0.2) is 0 Å². The summed E-state index contributed by atoms with van der Waals surface area (Å²) in [6.07, 6.45) is 9.10. The van der Waals surface area contributed by atoms with E-state index >= 15 is 0 Å². The van der Waals surface area contributed by atoms with E-state index in [1.54, 1.807) is 0 Å². The zero-order valence-corrected chi connectivity index (χ0v) is 13.5. The van der Waals surface area contributed by atoms with E-state index in [0.29, 0.717) is 6.10 Å². The van der Waals surface area contributed by atoms with E-state index < -0.39 is 0 Å². The Hall–Kier alpha value is -0.160. The molecule has 0 bridgehead atoms. The summed E-state index contributed by atoms with van der Waals surface area (Å²) < 4.78 is 11.0. The molecule has 0 aliphatic carbocycles. The molecule has 1 saturated heterocycles. The van der Waals surface area contributed by atoms with Crippen LogP contribution in [0.15, 0.2) is 0 Å². The molecule has 0 aromatic carbocycles. The monoisotopic (exact) mass is 286 g/mol. The number of piperidine rings is 1. The quantitative estimate of drug-likeness (QED) is 0.558. The molecule has 0 amide bonds. The third-order valence-corrected chi connectivity index (χ3v) is 4.10. The van der Waals surface area contributed by atoms with E-state index in [2.05, 4.69) is 10.2 Å². The molecule has 1 fully saturated rings. The lowest BCUT2D eigenvalue weighted by Gasteiger charge is -2.31. The highest BCUT2D eigenvalue weighted by atomic mass is 16.5. The first-order valence-electron chi connectivity index (χ1n) is 8.34. The number of likely N-dealkylation sites (tertiary alicyclic amines) is 1. The second-order valence-electron chi connectivity index (χ2n) is 5.76. The van der Waals surface area contributed by atoms with Crippen LogP contribution in [0.25, 0.3) is 0 Å². The molecule has 1 rings (SSSR count). The van der Waals surface area contributed by atoms with Crippen molar-refractivity contribution >= 4 is 0 Å². The summed E-state index contributed by atoms with van der Waals surface area (Å²) in [6, 6.07) is 0. The van der Waals surface area contributed by atoms with Crippen LogP contribution in [0, 0.1) is 0 Å². The molecular weight excluding hydrogens is 252 g/mol. The molecule has 0 radical (unpaired) electrons. The largest absolute Gasteiger partial charge is 0.381 e. The number of nitrogens with zero attached hydrogens (tertiary/aromatic N) is 1. The van der Waals surface area contributed by atoms with Gasteiger partial charge < -0.3 is 19.7 Å². The predicted octanol–water partition coefficient (Wildman–Crippen LogP) is 2.28. The minimum atomic E-state index is 0.502. The summed E-state index contributed by atoms with van der Waals surface area (Å²) in [6.45, 7) is 6.63. The Labute approximate surface area is 125 Å². The lowest BCUT2D eigenvalue weighted by Crippen LogP contribution is -2.37. The average Bonchev–Trinajstić information content (AvgIpc) is 2.50. The van der Waals surface area contributed by atoms with Gasteiger partial charge in [-0.1, -0.05) is 0 Å². The molecule has 1 aliphatic heterocycles. The lowest BCUT2D eigenvalue weighted by atomic mass is 10.1.